The summed E-state index contributed by atoms with van der Waals surface area (Å²) >= 11 is 5.46. The molecule has 0 aliphatic carbocycles. The summed E-state index contributed by atoms with van der Waals surface area (Å²) in [5.41, 5.74) is 0. The summed E-state index contributed by atoms with van der Waals surface area (Å²) in [5, 5.41) is 21.5. The molecule has 0 aliphatic rings. The molecule has 0 saturated heterocycles. The number of esters is 1. The quantitative estimate of drug-likeness (QED) is 0.321. The fourth-order valence-electron chi connectivity index (χ4n) is 1.48. The average Bonchev–Trinajstić information content (AvgIpc) is 2.46. The number of carbonyl (C=O) groups is 4. The van der Waals surface area contributed by atoms with Gasteiger partial charge in [0.05, 0.1) is 6.61 Å². The van der Waals surface area contributed by atoms with E-state index in [9.17, 15) is 19.2 Å². The van der Waals surface area contributed by atoms with Crippen LogP contribution in [-0.4, -0.2) is 65.1 Å². The Bertz CT molecular complexity index is 418. The summed E-state index contributed by atoms with van der Waals surface area (Å²) in [7, 11) is 0. The summed E-state index contributed by atoms with van der Waals surface area (Å²) in [5.74, 6) is -1.93. The standard InChI is InChI=1S/C8H14ClNO3.C6H11NO4/c1-3-13-8(12)7(4-5-9)10-6(2)11;1-4(9)7-5(2-3-8)6(10)11/h7H,3-5H2,1-2H3,(H,10,11);5,8H,2-3H2,1H3,(H,7,9)(H,10,11)/t7-;5-/m00/s1. The number of alkyl halides is 1. The number of hydrogen-bond donors (Lipinski definition) is 4. The Labute approximate surface area is 145 Å². The molecule has 0 spiro atoms. The SMILES string of the molecule is CC(=O)N[C@@H](CCO)C(=O)O.CCOC(=O)[C@H](CCCl)NC(C)=O. The van der Waals surface area contributed by atoms with E-state index < -0.39 is 29.9 Å². The molecular weight excluding hydrogens is 344 g/mol. The van der Waals surface area contributed by atoms with Crippen molar-refractivity contribution >= 4 is 35.4 Å². The second kappa shape index (κ2) is 14.7. The van der Waals surface area contributed by atoms with Crippen LogP contribution in [0.4, 0.5) is 0 Å². The molecule has 0 saturated carbocycles. The zero-order valence-corrected chi connectivity index (χ0v) is 14.8. The lowest BCUT2D eigenvalue weighted by Crippen LogP contribution is -2.41. The molecule has 140 valence electrons. The predicted molar refractivity (Wildman–Crippen MR) is 86.5 cm³/mol. The van der Waals surface area contributed by atoms with Crippen LogP contribution >= 0.6 is 11.6 Å². The third kappa shape index (κ3) is 13.8. The summed E-state index contributed by atoms with van der Waals surface area (Å²) in [4.78, 5) is 42.5. The fourth-order valence-corrected chi connectivity index (χ4v) is 1.70. The molecule has 0 aromatic heterocycles. The molecular formula is C14H25ClN2O7. The molecule has 0 aromatic rings. The van der Waals surface area contributed by atoms with Crippen LogP contribution in [0.1, 0.15) is 33.6 Å². The number of carboxylic acids is 1. The highest BCUT2D eigenvalue weighted by Gasteiger charge is 2.19. The van der Waals surface area contributed by atoms with Crippen molar-refractivity contribution < 1.29 is 34.1 Å². The van der Waals surface area contributed by atoms with Gasteiger partial charge in [0, 0.05) is 32.8 Å². The zero-order valence-electron chi connectivity index (χ0n) is 14.0. The van der Waals surface area contributed by atoms with Crippen molar-refractivity contribution in [2.24, 2.45) is 0 Å². The molecule has 0 unspecified atom stereocenters. The van der Waals surface area contributed by atoms with Crippen molar-refractivity contribution in [2.45, 2.75) is 45.7 Å². The Kier molecular flexibility index (Phi) is 14.9. The van der Waals surface area contributed by atoms with Crippen LogP contribution in [0.25, 0.3) is 0 Å². The topological polar surface area (TPSA) is 142 Å². The first-order valence-corrected chi connectivity index (χ1v) is 7.83. The van der Waals surface area contributed by atoms with Crippen LogP contribution in [0.5, 0.6) is 0 Å². The molecule has 0 rings (SSSR count). The van der Waals surface area contributed by atoms with E-state index in [0.717, 1.165) is 0 Å². The van der Waals surface area contributed by atoms with E-state index >= 15 is 0 Å². The largest absolute Gasteiger partial charge is 0.480 e. The molecule has 0 aliphatic heterocycles. The number of aliphatic hydroxyl groups is 1. The number of rotatable bonds is 9. The van der Waals surface area contributed by atoms with E-state index in [1.54, 1.807) is 6.92 Å². The maximum Gasteiger partial charge on any atom is 0.328 e. The number of halogens is 1. The molecule has 0 bridgehead atoms. The van der Waals surface area contributed by atoms with Gasteiger partial charge in [0.15, 0.2) is 0 Å². The Hall–Kier alpha value is -1.87. The minimum absolute atomic E-state index is 0.0366. The number of carbonyl (C=O) groups excluding carboxylic acids is 3. The number of amides is 2. The molecule has 0 heterocycles. The van der Waals surface area contributed by atoms with E-state index in [4.69, 9.17) is 26.6 Å². The molecule has 0 aromatic carbocycles. The molecule has 2 amide bonds. The van der Waals surface area contributed by atoms with Gasteiger partial charge >= 0.3 is 11.9 Å². The predicted octanol–water partition coefficient (Wildman–Crippen LogP) is -0.359. The second-order valence-electron chi connectivity index (χ2n) is 4.59. The normalized spacial score (nSPS) is 12.0. The molecule has 9 nitrogen and oxygen atoms in total. The number of aliphatic hydroxyl groups excluding tert-OH is 1. The van der Waals surface area contributed by atoms with Crippen LogP contribution in [0.2, 0.25) is 0 Å². The molecule has 24 heavy (non-hydrogen) atoms. The van der Waals surface area contributed by atoms with Crippen LogP contribution in [0, 0.1) is 0 Å². The monoisotopic (exact) mass is 368 g/mol. The van der Waals surface area contributed by atoms with Crippen molar-refractivity contribution in [1.29, 1.82) is 0 Å². The summed E-state index contributed by atoms with van der Waals surface area (Å²) < 4.78 is 4.75. The lowest BCUT2D eigenvalue weighted by Gasteiger charge is -2.14. The zero-order chi connectivity index (χ0) is 19.1. The lowest BCUT2D eigenvalue weighted by molar-refractivity contribution is -0.147. The molecule has 10 heteroatoms. The third-order valence-electron chi connectivity index (χ3n) is 2.44. The van der Waals surface area contributed by atoms with E-state index in [0.29, 0.717) is 18.9 Å². The first-order valence-electron chi connectivity index (χ1n) is 7.29. The van der Waals surface area contributed by atoms with E-state index in [2.05, 4.69) is 10.6 Å². The van der Waals surface area contributed by atoms with Crippen LogP contribution in [0.15, 0.2) is 0 Å². The Morgan fingerprint density at radius 1 is 1.04 bits per heavy atom. The summed E-state index contributed by atoms with van der Waals surface area (Å²) in [6, 6.07) is -1.59. The van der Waals surface area contributed by atoms with Crippen LogP contribution < -0.4 is 10.6 Å². The number of ether oxygens (including phenoxy) is 1. The maximum absolute atomic E-state index is 11.2. The highest BCUT2D eigenvalue weighted by molar-refractivity contribution is 6.18. The van der Waals surface area contributed by atoms with Gasteiger partial charge in [-0.2, -0.15) is 0 Å². The van der Waals surface area contributed by atoms with Gasteiger partial charge in [-0.05, 0) is 13.3 Å². The highest BCUT2D eigenvalue weighted by atomic mass is 35.5. The minimum atomic E-state index is -1.13. The Morgan fingerprint density at radius 3 is 1.88 bits per heavy atom. The molecule has 0 radical (unpaired) electrons. The Balaban J connectivity index is 0. The summed E-state index contributed by atoms with van der Waals surface area (Å²) in [6.07, 6.45) is 0.425. The second-order valence-corrected chi connectivity index (χ2v) is 4.96. The van der Waals surface area contributed by atoms with Gasteiger partial charge < -0.3 is 25.6 Å². The van der Waals surface area contributed by atoms with Crippen molar-refractivity contribution in [3.8, 4) is 0 Å². The van der Waals surface area contributed by atoms with Gasteiger partial charge in [0.2, 0.25) is 11.8 Å². The van der Waals surface area contributed by atoms with Gasteiger partial charge in [-0.25, -0.2) is 9.59 Å². The Morgan fingerprint density at radius 2 is 1.54 bits per heavy atom. The number of hydrogen-bond acceptors (Lipinski definition) is 6. The van der Waals surface area contributed by atoms with Gasteiger partial charge in [-0.1, -0.05) is 0 Å². The van der Waals surface area contributed by atoms with Crippen LogP contribution in [-0.2, 0) is 23.9 Å². The van der Waals surface area contributed by atoms with Crippen molar-refractivity contribution in [3.05, 3.63) is 0 Å². The lowest BCUT2D eigenvalue weighted by atomic mass is 10.2. The smallest absolute Gasteiger partial charge is 0.328 e. The molecule has 2 atom stereocenters. The molecule has 4 N–H and O–H groups in total. The van der Waals surface area contributed by atoms with Gasteiger partial charge in [0.25, 0.3) is 0 Å². The van der Waals surface area contributed by atoms with Gasteiger partial charge in [-0.3, -0.25) is 9.59 Å². The van der Waals surface area contributed by atoms with E-state index in [1.807, 2.05) is 0 Å². The third-order valence-corrected chi connectivity index (χ3v) is 2.66. The average molecular weight is 369 g/mol. The van der Waals surface area contributed by atoms with Crippen molar-refractivity contribution in [2.75, 3.05) is 19.1 Å². The highest BCUT2D eigenvalue weighted by Crippen LogP contribution is 1.98. The first-order chi connectivity index (χ1) is 11.2. The summed E-state index contributed by atoms with van der Waals surface area (Å²) in [6.45, 7) is 4.34. The van der Waals surface area contributed by atoms with Gasteiger partial charge in [-0.15, -0.1) is 11.6 Å². The molecule has 0 fully saturated rings. The number of nitrogens with one attached hydrogen (secondary N) is 2. The van der Waals surface area contributed by atoms with Crippen LogP contribution in [0.3, 0.4) is 0 Å². The fraction of sp³-hybridized carbons (Fsp3) is 0.714. The van der Waals surface area contributed by atoms with Gasteiger partial charge in [0.1, 0.15) is 12.1 Å². The minimum Gasteiger partial charge on any atom is -0.480 e. The number of carboxylic acid groups (broad SMARTS) is 1. The maximum atomic E-state index is 11.2. The first kappa shape index (κ1) is 24.4. The van der Waals surface area contributed by atoms with Crippen molar-refractivity contribution in [1.82, 2.24) is 10.6 Å². The van der Waals surface area contributed by atoms with E-state index in [-0.39, 0.29) is 18.9 Å². The van der Waals surface area contributed by atoms with E-state index in [1.165, 1.54) is 13.8 Å². The number of aliphatic carboxylic acids is 1. The van der Waals surface area contributed by atoms with Crippen molar-refractivity contribution in [3.63, 3.8) is 0 Å².